The van der Waals surface area contributed by atoms with Gasteiger partial charge in [-0.15, -0.1) is 21.8 Å². The van der Waals surface area contributed by atoms with E-state index in [0.29, 0.717) is 69.0 Å². The van der Waals surface area contributed by atoms with Gasteiger partial charge in [0, 0.05) is 17.0 Å². The highest BCUT2D eigenvalue weighted by atomic mass is 35.5. The number of hydrogen-bond donors (Lipinski definition) is 1. The van der Waals surface area contributed by atoms with Crippen LogP contribution in [0.2, 0.25) is 10.0 Å². The van der Waals surface area contributed by atoms with Crippen LogP contribution in [0, 0.1) is 0 Å². The number of aromatic amines is 1. The summed E-state index contributed by atoms with van der Waals surface area (Å²) in [5, 5.41) is 11.1. The monoisotopic (exact) mass is 1010 g/mol. The summed E-state index contributed by atoms with van der Waals surface area (Å²) >= 11 is 18.1. The molecule has 2 aromatic heterocycles. The number of benzene rings is 6. The first kappa shape index (κ1) is 53.8. The largest absolute Gasteiger partial charge is 0.493 e. The van der Waals surface area contributed by atoms with Gasteiger partial charge in [-0.05, 0) is 111 Å². The number of ether oxygens (including phenoxy) is 6. The van der Waals surface area contributed by atoms with Gasteiger partial charge in [0.25, 0.3) is 0 Å². The van der Waals surface area contributed by atoms with E-state index in [0.717, 1.165) is 28.0 Å². The minimum Gasteiger partial charge on any atom is -0.493 e. The van der Waals surface area contributed by atoms with Gasteiger partial charge in [0.2, 0.25) is 11.8 Å². The van der Waals surface area contributed by atoms with Crippen LogP contribution < -0.4 is 39.9 Å². The molecule has 0 amide bonds. The topological polar surface area (TPSA) is 162 Å². The van der Waals surface area contributed by atoms with Gasteiger partial charge in [-0.3, -0.25) is 0 Å². The lowest BCUT2D eigenvalue weighted by Gasteiger charge is -2.12. The molecule has 0 spiro atoms. The average Bonchev–Trinajstić information content (AvgIpc) is 3.96. The summed E-state index contributed by atoms with van der Waals surface area (Å²) in [7, 11) is 3.20. The van der Waals surface area contributed by atoms with Crippen molar-refractivity contribution in [1.29, 1.82) is 0 Å². The van der Waals surface area contributed by atoms with E-state index in [9.17, 15) is 9.59 Å². The number of nitrogens with one attached hydrogen (secondary N) is 1. The summed E-state index contributed by atoms with van der Waals surface area (Å²) in [4.78, 5) is 23.2. The number of rotatable bonds is 17. The van der Waals surface area contributed by atoms with Gasteiger partial charge >= 0.3 is 11.5 Å². The molecule has 0 radical (unpaired) electrons. The predicted octanol–water partition coefficient (Wildman–Crippen LogP) is 12.7. The third-order valence-corrected chi connectivity index (χ3v) is 10.4. The van der Waals surface area contributed by atoms with Crippen LogP contribution in [0.3, 0.4) is 0 Å². The molecule has 8 rings (SSSR count). The van der Waals surface area contributed by atoms with Crippen molar-refractivity contribution in [1.82, 2.24) is 20.0 Å². The minimum atomic E-state index is -0.598. The van der Waals surface area contributed by atoms with Gasteiger partial charge in [-0.1, -0.05) is 103 Å². The second-order valence-corrected chi connectivity index (χ2v) is 16.6. The van der Waals surface area contributed by atoms with E-state index in [1.54, 1.807) is 50.6 Å². The van der Waals surface area contributed by atoms with Gasteiger partial charge in [-0.25, -0.2) is 14.7 Å². The molecule has 8 aromatic rings. The summed E-state index contributed by atoms with van der Waals surface area (Å²) in [6.45, 7) is 8.82. The van der Waals surface area contributed by atoms with E-state index in [1.807, 2.05) is 125 Å². The van der Waals surface area contributed by atoms with Crippen LogP contribution in [0.1, 0.15) is 57.4 Å². The van der Waals surface area contributed by atoms with Crippen molar-refractivity contribution in [3.8, 4) is 57.4 Å². The lowest BCUT2D eigenvalue weighted by molar-refractivity contribution is 0.242. The lowest BCUT2D eigenvalue weighted by Crippen LogP contribution is -2.16. The summed E-state index contributed by atoms with van der Waals surface area (Å²) in [5.41, 5.74) is 5.20. The normalized spacial score (nSPS) is 10.6. The maximum absolute atomic E-state index is 12.4. The molecule has 70 heavy (non-hydrogen) atoms. The third-order valence-electron chi connectivity index (χ3n) is 9.54. The smallest absolute Gasteiger partial charge is 0.437 e. The fourth-order valence-corrected chi connectivity index (χ4v) is 6.95. The molecule has 0 aliphatic rings. The Labute approximate surface area is 421 Å². The number of methoxy groups -OCH3 is 2. The minimum absolute atomic E-state index is 0. The Bertz CT molecular complexity index is 2990. The zero-order valence-electron chi connectivity index (χ0n) is 38.7. The van der Waals surface area contributed by atoms with Crippen LogP contribution in [0.15, 0.2) is 152 Å². The zero-order valence-corrected chi connectivity index (χ0v) is 41.0. The molecule has 0 aliphatic heterocycles. The molecule has 1 N–H and O–H groups in total. The third kappa shape index (κ3) is 15.7. The maximum atomic E-state index is 12.4. The second kappa shape index (κ2) is 26.6. The van der Waals surface area contributed by atoms with Crippen molar-refractivity contribution >= 4 is 34.8 Å². The standard InChI is InChI=1S/C26H25ClN2O5.C15H15ClO2.C11H11ClN2O3.CH4/c1-17(2)33-22-12-10-20(14-21(22)27)25-28-29(26(30)34-25)15-19-9-11-23(24(13-19)31-3)32-16-18-7-5-4-6-8-18;1-17-15-9-13(10-16)7-8-14(15)18-11-12-5-3-2-4-6-12;1-6(2)16-9-4-3-7(5-8(9)12)10-13-14-11(15)17-10;/h4-14,17H,15-16H2,1-3H3;2-9H,10-11H2,1H3;3-6H,1-2H3,(H,14,15);1H4. The number of aromatic nitrogens is 4. The quantitative estimate of drug-likeness (QED) is 0.0861. The fraction of sp³-hybridized carbons (Fsp3) is 0.245. The van der Waals surface area contributed by atoms with Gasteiger partial charge in [0.15, 0.2) is 23.0 Å². The highest BCUT2D eigenvalue weighted by Crippen LogP contribution is 2.33. The number of nitrogens with zero attached hydrogens (tertiary/aromatic N) is 3. The highest BCUT2D eigenvalue weighted by Gasteiger charge is 2.16. The Morgan fingerprint density at radius 3 is 1.49 bits per heavy atom. The Morgan fingerprint density at radius 1 is 0.571 bits per heavy atom. The summed E-state index contributed by atoms with van der Waals surface area (Å²) in [6.07, 6.45) is 0.0364. The molecule has 0 unspecified atom stereocenters. The van der Waals surface area contributed by atoms with E-state index in [-0.39, 0.29) is 38.0 Å². The predicted molar refractivity (Wildman–Crippen MR) is 273 cm³/mol. The summed E-state index contributed by atoms with van der Waals surface area (Å²) in [5.74, 6) is 3.45. The molecule has 0 atom stereocenters. The van der Waals surface area contributed by atoms with Crippen LogP contribution in [0.5, 0.6) is 34.5 Å². The van der Waals surface area contributed by atoms with Crippen LogP contribution in [-0.2, 0) is 25.6 Å². The molecule has 0 saturated heterocycles. The highest BCUT2D eigenvalue weighted by molar-refractivity contribution is 6.32. The van der Waals surface area contributed by atoms with Gasteiger partial charge in [0.1, 0.15) is 24.7 Å². The first-order valence-electron chi connectivity index (χ1n) is 21.6. The van der Waals surface area contributed by atoms with E-state index < -0.39 is 11.5 Å². The van der Waals surface area contributed by atoms with Crippen molar-refractivity contribution in [3.05, 3.63) is 187 Å². The summed E-state index contributed by atoms with van der Waals surface area (Å²) in [6, 6.07) is 41.3. The van der Waals surface area contributed by atoms with Crippen molar-refractivity contribution < 1.29 is 37.3 Å². The van der Waals surface area contributed by atoms with Gasteiger partial charge < -0.3 is 37.3 Å². The molecule has 2 heterocycles. The molecule has 14 nitrogen and oxygen atoms in total. The van der Waals surface area contributed by atoms with Crippen LogP contribution in [0.25, 0.3) is 22.9 Å². The first-order valence-corrected chi connectivity index (χ1v) is 22.9. The van der Waals surface area contributed by atoms with E-state index >= 15 is 0 Å². The Morgan fingerprint density at radius 2 is 1.04 bits per heavy atom. The van der Waals surface area contributed by atoms with Crippen molar-refractivity contribution in [2.45, 2.75) is 73.0 Å². The van der Waals surface area contributed by atoms with E-state index in [2.05, 4.69) is 15.3 Å². The zero-order chi connectivity index (χ0) is 49.3. The average molecular weight is 1010 g/mol. The van der Waals surface area contributed by atoms with Crippen molar-refractivity contribution in [2.24, 2.45) is 0 Å². The first-order chi connectivity index (χ1) is 33.3. The molecule has 6 aromatic carbocycles. The summed E-state index contributed by atoms with van der Waals surface area (Å²) < 4.78 is 45.0. The second-order valence-electron chi connectivity index (χ2n) is 15.5. The molecule has 0 saturated carbocycles. The van der Waals surface area contributed by atoms with E-state index in [1.165, 1.54) is 4.68 Å². The number of halogens is 3. The van der Waals surface area contributed by atoms with Crippen LogP contribution in [-0.4, -0.2) is 46.4 Å². The Kier molecular flexibility index (Phi) is 20.4. The molecular formula is C53H55Cl3N4O10. The lowest BCUT2D eigenvalue weighted by atomic mass is 10.2. The molecule has 0 bridgehead atoms. The molecule has 0 aliphatic carbocycles. The Hall–Kier alpha value is -7.13. The SMILES string of the molecule is C.CC(C)Oc1ccc(-c2n[nH]c(=O)o2)cc1Cl.COc1cc(CCl)ccc1OCc1ccccc1.COc1cc(Cn2nc(-c3ccc(OC(C)C)c(Cl)c3)oc2=O)ccc1OCc1ccccc1. The number of H-pyrrole nitrogens is 1. The maximum Gasteiger partial charge on any atom is 0.437 e. The van der Waals surface area contributed by atoms with Crippen molar-refractivity contribution in [3.63, 3.8) is 0 Å². The van der Waals surface area contributed by atoms with Crippen molar-refractivity contribution in [2.75, 3.05) is 14.2 Å². The molecular weight excluding hydrogens is 959 g/mol. The fourth-order valence-electron chi connectivity index (χ4n) is 6.33. The Balaban J connectivity index is 0.000000214. The molecule has 17 heteroatoms. The van der Waals surface area contributed by atoms with Crippen LogP contribution >= 0.6 is 34.8 Å². The number of hydrogen-bond acceptors (Lipinski definition) is 12. The molecule has 368 valence electrons. The van der Waals surface area contributed by atoms with E-state index in [4.69, 9.17) is 72.1 Å². The van der Waals surface area contributed by atoms with Crippen LogP contribution in [0.4, 0.5) is 0 Å². The van der Waals surface area contributed by atoms with Gasteiger partial charge in [-0.2, -0.15) is 4.68 Å². The molecule has 0 fully saturated rings. The number of alkyl halides is 1. The van der Waals surface area contributed by atoms with Gasteiger partial charge in [0.05, 0.1) is 43.0 Å².